The number of aryl methyl sites for hydroxylation is 1. The molecule has 0 aromatic heterocycles. The van der Waals surface area contributed by atoms with Gasteiger partial charge in [0.25, 0.3) is 0 Å². The van der Waals surface area contributed by atoms with Crippen LogP contribution in [-0.2, 0) is 0 Å². The van der Waals surface area contributed by atoms with Crippen LogP contribution >= 0.6 is 0 Å². The number of allylic oxidation sites excluding steroid dienone is 4. The zero-order chi connectivity index (χ0) is 18.3. The minimum Gasteiger partial charge on any atom is -0.507 e. The average molecular weight is 334 g/mol. The molecule has 0 atom stereocenters. The molecule has 2 heteroatoms. The lowest BCUT2D eigenvalue weighted by molar-refractivity contribution is 0.409. The Kier molecular flexibility index (Phi) is 4.47. The van der Waals surface area contributed by atoms with Crippen LogP contribution in [0, 0.1) is 6.92 Å². The maximum Gasteiger partial charge on any atom is 0.123 e. The second-order valence-corrected chi connectivity index (χ2v) is 6.94. The standard InChI is InChI=1S/C23H26O2/c1-13-9-7-11-19(24)21(13)18-10-8-12-20(25-6)23(18)22-16(4)14(2)15(3)17(22)5/h7-12,22,24H,1-6H3. The second-order valence-electron chi connectivity index (χ2n) is 6.94. The third-order valence-corrected chi connectivity index (χ3v) is 5.71. The highest BCUT2D eigenvalue weighted by Crippen LogP contribution is 2.50. The summed E-state index contributed by atoms with van der Waals surface area (Å²) in [7, 11) is 1.72. The molecule has 0 heterocycles. The van der Waals surface area contributed by atoms with E-state index >= 15 is 0 Å². The van der Waals surface area contributed by atoms with Crippen LogP contribution in [0.5, 0.6) is 11.5 Å². The molecule has 0 spiro atoms. The molecule has 0 bridgehead atoms. The number of hydrogen-bond donors (Lipinski definition) is 1. The van der Waals surface area contributed by atoms with E-state index in [4.69, 9.17) is 4.74 Å². The van der Waals surface area contributed by atoms with Gasteiger partial charge < -0.3 is 9.84 Å². The van der Waals surface area contributed by atoms with Crippen molar-refractivity contribution in [2.75, 3.05) is 7.11 Å². The second kappa shape index (κ2) is 6.44. The van der Waals surface area contributed by atoms with E-state index in [-0.39, 0.29) is 5.92 Å². The SMILES string of the molecule is COc1cccc(-c2c(C)cccc2O)c1C1C(C)=C(C)C(C)=C1C. The quantitative estimate of drug-likeness (QED) is 0.730. The molecule has 0 saturated carbocycles. The number of benzene rings is 2. The summed E-state index contributed by atoms with van der Waals surface area (Å²) in [6.45, 7) is 10.8. The van der Waals surface area contributed by atoms with Crippen molar-refractivity contribution >= 4 is 0 Å². The van der Waals surface area contributed by atoms with Crippen molar-refractivity contribution in [2.45, 2.75) is 40.5 Å². The van der Waals surface area contributed by atoms with E-state index in [1.165, 1.54) is 22.3 Å². The summed E-state index contributed by atoms with van der Waals surface area (Å²) in [5.41, 5.74) is 9.55. The van der Waals surface area contributed by atoms with Crippen LogP contribution in [-0.4, -0.2) is 12.2 Å². The molecule has 1 aliphatic carbocycles. The molecule has 1 N–H and O–H groups in total. The van der Waals surface area contributed by atoms with Crippen LogP contribution in [0.25, 0.3) is 11.1 Å². The van der Waals surface area contributed by atoms with E-state index in [0.717, 1.165) is 28.0 Å². The first kappa shape index (κ1) is 17.3. The van der Waals surface area contributed by atoms with Crippen LogP contribution in [0.2, 0.25) is 0 Å². The van der Waals surface area contributed by atoms with E-state index in [0.29, 0.717) is 5.75 Å². The topological polar surface area (TPSA) is 29.5 Å². The van der Waals surface area contributed by atoms with Crippen molar-refractivity contribution < 1.29 is 9.84 Å². The van der Waals surface area contributed by atoms with Gasteiger partial charge in [0.1, 0.15) is 11.5 Å². The van der Waals surface area contributed by atoms with E-state index in [1.54, 1.807) is 13.2 Å². The normalized spacial score (nSPS) is 15.3. The van der Waals surface area contributed by atoms with Gasteiger partial charge in [-0.15, -0.1) is 0 Å². The van der Waals surface area contributed by atoms with Gasteiger partial charge in [0.2, 0.25) is 0 Å². The number of hydrogen-bond acceptors (Lipinski definition) is 2. The maximum absolute atomic E-state index is 10.5. The van der Waals surface area contributed by atoms with Gasteiger partial charge in [-0.05, 0) is 69.0 Å². The van der Waals surface area contributed by atoms with Crippen molar-refractivity contribution in [3.05, 3.63) is 69.8 Å². The Labute approximate surface area is 150 Å². The smallest absolute Gasteiger partial charge is 0.123 e. The maximum atomic E-state index is 10.5. The molecule has 3 rings (SSSR count). The zero-order valence-electron chi connectivity index (χ0n) is 15.9. The molecule has 0 unspecified atom stereocenters. The number of rotatable bonds is 3. The number of ether oxygens (including phenoxy) is 1. The van der Waals surface area contributed by atoms with Gasteiger partial charge in [-0.25, -0.2) is 0 Å². The highest BCUT2D eigenvalue weighted by molar-refractivity contribution is 5.80. The van der Waals surface area contributed by atoms with Crippen LogP contribution in [0.3, 0.4) is 0 Å². The fourth-order valence-corrected chi connectivity index (χ4v) is 4.02. The van der Waals surface area contributed by atoms with Crippen molar-refractivity contribution in [3.63, 3.8) is 0 Å². The third kappa shape index (κ3) is 2.66. The lowest BCUT2D eigenvalue weighted by Gasteiger charge is -2.24. The highest BCUT2D eigenvalue weighted by atomic mass is 16.5. The Balaban J connectivity index is 2.35. The first-order chi connectivity index (χ1) is 11.9. The Morgan fingerprint density at radius 1 is 0.840 bits per heavy atom. The van der Waals surface area contributed by atoms with Gasteiger partial charge in [-0.3, -0.25) is 0 Å². The predicted octanol–water partition coefficient (Wildman–Crippen LogP) is 6.15. The first-order valence-corrected chi connectivity index (χ1v) is 8.69. The monoisotopic (exact) mass is 334 g/mol. The van der Waals surface area contributed by atoms with E-state index in [2.05, 4.69) is 33.8 Å². The molecule has 2 aromatic carbocycles. The number of aromatic hydroxyl groups is 1. The number of methoxy groups -OCH3 is 1. The number of phenols is 1. The summed E-state index contributed by atoms with van der Waals surface area (Å²) in [6, 6.07) is 11.8. The van der Waals surface area contributed by atoms with Crippen molar-refractivity contribution in [3.8, 4) is 22.6 Å². The molecule has 2 nitrogen and oxygen atoms in total. The van der Waals surface area contributed by atoms with Crippen LogP contribution < -0.4 is 4.74 Å². The Bertz CT molecular complexity index is 856. The lowest BCUT2D eigenvalue weighted by Crippen LogP contribution is -2.05. The number of phenolic OH excluding ortho intramolecular Hbond substituents is 1. The van der Waals surface area contributed by atoms with Crippen molar-refractivity contribution in [2.24, 2.45) is 0 Å². The molecule has 130 valence electrons. The average Bonchev–Trinajstić information content (AvgIpc) is 2.78. The largest absolute Gasteiger partial charge is 0.507 e. The Hall–Kier alpha value is -2.48. The van der Waals surface area contributed by atoms with Gasteiger partial charge in [0.05, 0.1) is 7.11 Å². The molecule has 0 amide bonds. The molecule has 0 fully saturated rings. The van der Waals surface area contributed by atoms with Crippen LogP contribution in [0.4, 0.5) is 0 Å². The van der Waals surface area contributed by atoms with E-state index < -0.39 is 0 Å². The molecule has 1 aliphatic rings. The molecular weight excluding hydrogens is 308 g/mol. The molecule has 25 heavy (non-hydrogen) atoms. The van der Waals surface area contributed by atoms with Gasteiger partial charge >= 0.3 is 0 Å². The van der Waals surface area contributed by atoms with Gasteiger partial charge in [0.15, 0.2) is 0 Å². The van der Waals surface area contributed by atoms with E-state index in [1.807, 2.05) is 31.2 Å². The first-order valence-electron chi connectivity index (χ1n) is 8.69. The van der Waals surface area contributed by atoms with Gasteiger partial charge in [-0.2, -0.15) is 0 Å². The summed E-state index contributed by atoms with van der Waals surface area (Å²) in [6.07, 6.45) is 0. The van der Waals surface area contributed by atoms with Crippen LogP contribution in [0.15, 0.2) is 58.7 Å². The molecule has 0 saturated heterocycles. The van der Waals surface area contributed by atoms with Crippen LogP contribution in [0.1, 0.15) is 44.7 Å². The summed E-state index contributed by atoms with van der Waals surface area (Å²) >= 11 is 0. The van der Waals surface area contributed by atoms with Crippen molar-refractivity contribution in [1.82, 2.24) is 0 Å². The third-order valence-electron chi connectivity index (χ3n) is 5.71. The summed E-state index contributed by atoms with van der Waals surface area (Å²) in [5, 5.41) is 10.5. The summed E-state index contributed by atoms with van der Waals surface area (Å²) in [5.74, 6) is 1.36. The van der Waals surface area contributed by atoms with Gasteiger partial charge in [0, 0.05) is 17.0 Å². The minimum absolute atomic E-state index is 0.185. The molecular formula is C23H26O2. The zero-order valence-corrected chi connectivity index (χ0v) is 15.9. The fraction of sp³-hybridized carbons (Fsp3) is 0.304. The van der Waals surface area contributed by atoms with Crippen molar-refractivity contribution in [1.29, 1.82) is 0 Å². The molecule has 2 aromatic rings. The Morgan fingerprint density at radius 3 is 2.00 bits per heavy atom. The fourth-order valence-electron chi connectivity index (χ4n) is 4.02. The molecule has 0 aliphatic heterocycles. The van der Waals surface area contributed by atoms with Gasteiger partial charge in [-0.1, -0.05) is 35.4 Å². The van der Waals surface area contributed by atoms with E-state index in [9.17, 15) is 5.11 Å². The predicted molar refractivity (Wildman–Crippen MR) is 104 cm³/mol. The summed E-state index contributed by atoms with van der Waals surface area (Å²) in [4.78, 5) is 0. The summed E-state index contributed by atoms with van der Waals surface area (Å²) < 4.78 is 5.74. The lowest BCUT2D eigenvalue weighted by atomic mass is 9.82. The highest BCUT2D eigenvalue weighted by Gasteiger charge is 2.31. The molecule has 0 radical (unpaired) electrons. The minimum atomic E-state index is 0.185. The Morgan fingerprint density at radius 2 is 1.44 bits per heavy atom.